The molecule has 0 saturated heterocycles. The van der Waals surface area contributed by atoms with Crippen LogP contribution in [0.2, 0.25) is 0 Å². The molecule has 0 saturated carbocycles. The molecule has 192 valence electrons. The molecule has 0 heterocycles. The summed E-state index contributed by atoms with van der Waals surface area (Å²) in [5.41, 5.74) is 11.7. The first-order valence-corrected chi connectivity index (χ1v) is 14.3. The van der Waals surface area contributed by atoms with Gasteiger partial charge >= 0.3 is 0 Å². The van der Waals surface area contributed by atoms with Gasteiger partial charge in [-0.25, -0.2) is 0 Å². The Morgan fingerprint density at radius 2 is 0.938 bits per heavy atom. The Kier molecular flexibility index (Phi) is 18.5. The second kappa shape index (κ2) is 18.8. The number of rotatable bonds is 23. The first-order chi connectivity index (χ1) is 15.2. The molecule has 0 aromatic carbocycles. The minimum Gasteiger partial charge on any atom is -0.369 e. The number of carbonyl (C=O) groups is 1. The molecule has 3 heteroatoms. The first kappa shape index (κ1) is 31.4. The zero-order chi connectivity index (χ0) is 24.3. The Morgan fingerprint density at radius 3 is 1.22 bits per heavy atom. The van der Waals surface area contributed by atoms with Crippen LogP contribution in [-0.4, -0.2) is 11.4 Å². The van der Waals surface area contributed by atoms with Gasteiger partial charge < -0.3 is 11.5 Å². The number of hydrogen-bond donors (Lipinski definition) is 2. The minimum absolute atomic E-state index is 0.0963. The summed E-state index contributed by atoms with van der Waals surface area (Å²) in [7, 11) is 0. The van der Waals surface area contributed by atoms with Gasteiger partial charge in [0, 0.05) is 5.54 Å². The van der Waals surface area contributed by atoms with Crippen LogP contribution in [0.3, 0.4) is 0 Å². The summed E-state index contributed by atoms with van der Waals surface area (Å²) in [6, 6.07) is 0. The maximum Gasteiger partial charge on any atom is 0.222 e. The van der Waals surface area contributed by atoms with Crippen molar-refractivity contribution in [3.8, 4) is 0 Å². The Bertz CT molecular complexity index is 444. The second-order valence-electron chi connectivity index (χ2n) is 11.3. The summed E-state index contributed by atoms with van der Waals surface area (Å²) in [5.74, 6) is -0.470. The van der Waals surface area contributed by atoms with Crippen LogP contribution in [0.15, 0.2) is 0 Å². The number of primary amides is 1. The third kappa shape index (κ3) is 13.9. The molecule has 1 amide bonds. The molecule has 0 rings (SSSR count). The molecule has 0 aliphatic rings. The molecule has 0 radical (unpaired) electrons. The van der Waals surface area contributed by atoms with Crippen molar-refractivity contribution in [2.24, 2.45) is 22.8 Å². The van der Waals surface area contributed by atoms with Crippen molar-refractivity contribution in [3.05, 3.63) is 0 Å². The predicted molar refractivity (Wildman–Crippen MR) is 143 cm³/mol. The smallest absolute Gasteiger partial charge is 0.222 e. The molecule has 2 atom stereocenters. The van der Waals surface area contributed by atoms with Crippen molar-refractivity contribution >= 4 is 5.91 Å². The van der Waals surface area contributed by atoms with Crippen molar-refractivity contribution in [2.45, 2.75) is 169 Å². The van der Waals surface area contributed by atoms with E-state index in [0.29, 0.717) is 0 Å². The van der Waals surface area contributed by atoms with Crippen LogP contribution in [0.1, 0.15) is 163 Å². The summed E-state index contributed by atoms with van der Waals surface area (Å²) < 4.78 is 0. The normalized spacial score (nSPS) is 14.9. The van der Waals surface area contributed by atoms with Crippen LogP contribution < -0.4 is 11.5 Å². The van der Waals surface area contributed by atoms with E-state index in [-0.39, 0.29) is 17.2 Å². The molecule has 32 heavy (non-hydrogen) atoms. The minimum atomic E-state index is -0.553. The molecule has 0 aliphatic heterocycles. The van der Waals surface area contributed by atoms with Gasteiger partial charge in [-0.15, -0.1) is 0 Å². The van der Waals surface area contributed by atoms with Crippen molar-refractivity contribution in [3.63, 3.8) is 0 Å². The van der Waals surface area contributed by atoms with Gasteiger partial charge in [0.2, 0.25) is 5.91 Å². The van der Waals surface area contributed by atoms with Gasteiger partial charge in [-0.2, -0.15) is 0 Å². The Morgan fingerprint density at radius 1 is 0.625 bits per heavy atom. The molecule has 4 N–H and O–H groups in total. The highest BCUT2D eigenvalue weighted by Gasteiger charge is 2.44. The summed E-state index contributed by atoms with van der Waals surface area (Å²) in [5, 5.41) is 0. The highest BCUT2D eigenvalue weighted by atomic mass is 16.1. The van der Waals surface area contributed by atoms with Gasteiger partial charge in [-0.1, -0.05) is 143 Å². The number of amides is 1. The zero-order valence-electron chi connectivity index (χ0n) is 22.8. The lowest BCUT2D eigenvalue weighted by molar-refractivity contribution is -0.126. The van der Waals surface area contributed by atoms with Gasteiger partial charge in [-0.05, 0) is 25.2 Å². The van der Waals surface area contributed by atoms with Crippen LogP contribution in [0.25, 0.3) is 0 Å². The van der Waals surface area contributed by atoms with E-state index in [4.69, 9.17) is 11.5 Å². The fraction of sp³-hybridized carbons (Fsp3) is 0.966. The number of unbranched alkanes of at least 4 members (excludes halogenated alkanes) is 17. The third-order valence-corrected chi connectivity index (χ3v) is 8.26. The van der Waals surface area contributed by atoms with Crippen molar-refractivity contribution in [2.75, 3.05) is 0 Å². The third-order valence-electron chi connectivity index (χ3n) is 8.26. The quantitative estimate of drug-likeness (QED) is 0.152. The molecule has 0 aromatic rings. The lowest BCUT2D eigenvalue weighted by Crippen LogP contribution is -2.59. The highest BCUT2D eigenvalue weighted by Crippen LogP contribution is 2.39. The SMILES string of the molecule is CCCCCCCCCCCCCCCCCCCCC(C(N)=O)C(C)(N)C(C)(C)CC. The second-order valence-corrected chi connectivity index (χ2v) is 11.3. The van der Waals surface area contributed by atoms with E-state index in [1.54, 1.807) is 0 Å². The molecule has 0 aliphatic carbocycles. The largest absolute Gasteiger partial charge is 0.369 e. The van der Waals surface area contributed by atoms with Gasteiger partial charge in [0.1, 0.15) is 0 Å². The molecule has 0 aromatic heterocycles. The van der Waals surface area contributed by atoms with Gasteiger partial charge in [0.25, 0.3) is 0 Å². The molecular weight excluding hydrogens is 392 g/mol. The Hall–Kier alpha value is -0.570. The fourth-order valence-corrected chi connectivity index (χ4v) is 4.84. The van der Waals surface area contributed by atoms with E-state index in [0.717, 1.165) is 19.3 Å². The van der Waals surface area contributed by atoms with Gasteiger partial charge in [-0.3, -0.25) is 4.79 Å². The summed E-state index contributed by atoms with van der Waals surface area (Å²) in [6.07, 6.45) is 26.5. The maximum atomic E-state index is 12.1. The van der Waals surface area contributed by atoms with E-state index in [2.05, 4.69) is 27.7 Å². The summed E-state index contributed by atoms with van der Waals surface area (Å²) in [4.78, 5) is 12.1. The molecule has 0 fully saturated rings. The molecule has 0 bridgehead atoms. The number of nitrogens with two attached hydrogens (primary N) is 2. The van der Waals surface area contributed by atoms with E-state index < -0.39 is 5.54 Å². The van der Waals surface area contributed by atoms with Crippen LogP contribution in [0, 0.1) is 11.3 Å². The molecule has 0 spiro atoms. The fourth-order valence-electron chi connectivity index (χ4n) is 4.84. The van der Waals surface area contributed by atoms with Crippen LogP contribution >= 0.6 is 0 Å². The van der Waals surface area contributed by atoms with Crippen LogP contribution in [-0.2, 0) is 4.79 Å². The lowest BCUT2D eigenvalue weighted by atomic mass is 9.64. The molecular formula is C29H60N2O. The standard InChI is InChI=1S/C29H60N2O/c1-6-8-9-10-11-12-13-14-15-16-17-18-19-20-21-22-23-24-25-26(27(30)32)29(5,31)28(3,4)7-2/h26H,6-25,31H2,1-5H3,(H2,30,32). The number of hydrogen-bond acceptors (Lipinski definition) is 2. The summed E-state index contributed by atoms with van der Waals surface area (Å²) in [6.45, 7) is 10.7. The molecule has 2 unspecified atom stereocenters. The molecule has 3 nitrogen and oxygen atoms in total. The Labute approximate surface area is 202 Å². The average molecular weight is 453 g/mol. The van der Waals surface area contributed by atoms with E-state index >= 15 is 0 Å². The van der Waals surface area contributed by atoms with Gasteiger partial charge in [0.05, 0.1) is 5.92 Å². The van der Waals surface area contributed by atoms with Crippen LogP contribution in [0.4, 0.5) is 0 Å². The predicted octanol–water partition coefficient (Wildman–Crippen LogP) is 8.67. The zero-order valence-corrected chi connectivity index (χ0v) is 22.8. The van der Waals surface area contributed by atoms with E-state index in [1.165, 1.54) is 109 Å². The Balaban J connectivity index is 3.61. The first-order valence-electron chi connectivity index (χ1n) is 14.3. The van der Waals surface area contributed by atoms with E-state index in [9.17, 15) is 4.79 Å². The van der Waals surface area contributed by atoms with E-state index in [1.807, 2.05) is 6.92 Å². The van der Waals surface area contributed by atoms with Crippen LogP contribution in [0.5, 0.6) is 0 Å². The number of carbonyl (C=O) groups excluding carboxylic acids is 1. The van der Waals surface area contributed by atoms with Crippen molar-refractivity contribution < 1.29 is 4.79 Å². The lowest BCUT2D eigenvalue weighted by Gasteiger charge is -2.45. The highest BCUT2D eigenvalue weighted by molar-refractivity contribution is 5.78. The maximum absolute atomic E-state index is 12.1. The average Bonchev–Trinajstić information content (AvgIpc) is 2.74. The summed E-state index contributed by atoms with van der Waals surface area (Å²) >= 11 is 0. The topological polar surface area (TPSA) is 69.1 Å². The van der Waals surface area contributed by atoms with Crippen molar-refractivity contribution in [1.29, 1.82) is 0 Å². The van der Waals surface area contributed by atoms with Crippen molar-refractivity contribution in [1.82, 2.24) is 0 Å². The monoisotopic (exact) mass is 452 g/mol. The van der Waals surface area contributed by atoms with Gasteiger partial charge in [0.15, 0.2) is 0 Å².